The molecule has 0 bridgehead atoms. The summed E-state index contributed by atoms with van der Waals surface area (Å²) >= 11 is 0. The summed E-state index contributed by atoms with van der Waals surface area (Å²) in [5.41, 5.74) is 8.95. The van der Waals surface area contributed by atoms with Crippen LogP contribution in [0.25, 0.3) is 0 Å². The quantitative estimate of drug-likeness (QED) is 0.829. The predicted molar refractivity (Wildman–Crippen MR) is 74.3 cm³/mol. The molecular weight excluding hydrogens is 206 g/mol. The lowest BCUT2D eigenvalue weighted by molar-refractivity contribution is 0.395. The van der Waals surface area contributed by atoms with E-state index in [9.17, 15) is 0 Å². The van der Waals surface area contributed by atoms with Crippen LogP contribution in [0.15, 0.2) is 24.3 Å². The van der Waals surface area contributed by atoms with Gasteiger partial charge < -0.3 is 5.73 Å². The van der Waals surface area contributed by atoms with Crippen molar-refractivity contribution < 1.29 is 0 Å². The third kappa shape index (κ3) is 3.10. The second-order valence-electron chi connectivity index (χ2n) is 5.59. The van der Waals surface area contributed by atoms with Crippen LogP contribution in [0, 0.1) is 0 Å². The summed E-state index contributed by atoms with van der Waals surface area (Å²) in [6.45, 7) is 4.55. The monoisotopic (exact) mass is 231 g/mol. The van der Waals surface area contributed by atoms with Crippen LogP contribution in [0.3, 0.4) is 0 Å². The molecule has 1 saturated carbocycles. The van der Waals surface area contributed by atoms with E-state index in [1.807, 2.05) is 0 Å². The molecule has 0 aliphatic heterocycles. The molecule has 1 aromatic rings. The molecule has 1 nitrogen and oxygen atoms in total. The standard InChI is InChI=1S/C16H25N/c1-3-12(2)13-4-6-14(7-5-13)15-8-10-16(17)11-9-15/h4-7,12,15-16H,3,8-11,17H2,1-2H3. The number of hydrogen-bond acceptors (Lipinski definition) is 1. The van der Waals surface area contributed by atoms with Gasteiger partial charge in [0.25, 0.3) is 0 Å². The van der Waals surface area contributed by atoms with Gasteiger partial charge in [0, 0.05) is 6.04 Å². The van der Waals surface area contributed by atoms with Crippen LogP contribution in [0.1, 0.15) is 68.9 Å². The van der Waals surface area contributed by atoms with Crippen molar-refractivity contribution in [2.24, 2.45) is 5.73 Å². The molecule has 0 aromatic heterocycles. The Morgan fingerprint density at radius 2 is 1.71 bits per heavy atom. The van der Waals surface area contributed by atoms with Gasteiger partial charge in [0.1, 0.15) is 0 Å². The zero-order chi connectivity index (χ0) is 12.3. The van der Waals surface area contributed by atoms with E-state index in [1.165, 1.54) is 43.2 Å². The van der Waals surface area contributed by atoms with Gasteiger partial charge >= 0.3 is 0 Å². The van der Waals surface area contributed by atoms with Crippen molar-refractivity contribution in [2.45, 2.75) is 63.8 Å². The third-order valence-electron chi connectivity index (χ3n) is 4.36. The molecule has 1 atom stereocenters. The lowest BCUT2D eigenvalue weighted by Gasteiger charge is -2.26. The van der Waals surface area contributed by atoms with Crippen molar-refractivity contribution in [1.82, 2.24) is 0 Å². The molecule has 0 spiro atoms. The molecule has 17 heavy (non-hydrogen) atoms. The fourth-order valence-corrected chi connectivity index (χ4v) is 2.78. The summed E-state index contributed by atoms with van der Waals surface area (Å²) in [6.07, 6.45) is 6.14. The Balaban J connectivity index is 2.02. The van der Waals surface area contributed by atoms with Crippen LogP contribution in [-0.4, -0.2) is 6.04 Å². The fraction of sp³-hybridized carbons (Fsp3) is 0.625. The van der Waals surface area contributed by atoms with Gasteiger partial charge in [0.05, 0.1) is 0 Å². The van der Waals surface area contributed by atoms with Crippen LogP contribution in [0.4, 0.5) is 0 Å². The first-order chi connectivity index (χ1) is 8.20. The molecule has 1 fully saturated rings. The zero-order valence-corrected chi connectivity index (χ0v) is 11.2. The van der Waals surface area contributed by atoms with Gasteiger partial charge in [-0.3, -0.25) is 0 Å². The van der Waals surface area contributed by atoms with Gasteiger partial charge in [-0.1, -0.05) is 38.1 Å². The molecule has 1 aromatic carbocycles. The van der Waals surface area contributed by atoms with E-state index in [-0.39, 0.29) is 0 Å². The molecule has 1 unspecified atom stereocenters. The average molecular weight is 231 g/mol. The minimum absolute atomic E-state index is 0.450. The van der Waals surface area contributed by atoms with Crippen molar-refractivity contribution in [3.63, 3.8) is 0 Å². The molecular formula is C16H25N. The normalized spacial score (nSPS) is 26.8. The Morgan fingerprint density at radius 3 is 2.24 bits per heavy atom. The minimum atomic E-state index is 0.450. The molecule has 0 radical (unpaired) electrons. The first kappa shape index (κ1) is 12.6. The third-order valence-corrected chi connectivity index (χ3v) is 4.36. The van der Waals surface area contributed by atoms with Gasteiger partial charge in [-0.25, -0.2) is 0 Å². The Bertz CT molecular complexity index is 333. The molecule has 0 saturated heterocycles. The molecule has 2 N–H and O–H groups in total. The summed E-state index contributed by atoms with van der Waals surface area (Å²) < 4.78 is 0. The van der Waals surface area contributed by atoms with Crippen molar-refractivity contribution >= 4 is 0 Å². The zero-order valence-electron chi connectivity index (χ0n) is 11.2. The van der Waals surface area contributed by atoms with Gasteiger partial charge in [0.15, 0.2) is 0 Å². The van der Waals surface area contributed by atoms with E-state index in [0.29, 0.717) is 12.0 Å². The molecule has 94 valence electrons. The van der Waals surface area contributed by atoms with Gasteiger partial charge in [-0.2, -0.15) is 0 Å². The second-order valence-corrected chi connectivity index (χ2v) is 5.59. The van der Waals surface area contributed by atoms with E-state index in [4.69, 9.17) is 5.73 Å². The van der Waals surface area contributed by atoms with Crippen LogP contribution in [0.2, 0.25) is 0 Å². The highest BCUT2D eigenvalue weighted by Crippen LogP contribution is 2.32. The first-order valence-corrected chi connectivity index (χ1v) is 7.06. The van der Waals surface area contributed by atoms with E-state index < -0.39 is 0 Å². The molecule has 2 rings (SSSR count). The van der Waals surface area contributed by atoms with Crippen LogP contribution >= 0.6 is 0 Å². The van der Waals surface area contributed by atoms with Crippen molar-refractivity contribution in [3.05, 3.63) is 35.4 Å². The maximum Gasteiger partial charge on any atom is 0.00392 e. The van der Waals surface area contributed by atoms with E-state index in [2.05, 4.69) is 38.1 Å². The summed E-state index contributed by atoms with van der Waals surface area (Å²) in [6, 6.07) is 9.76. The lowest BCUT2D eigenvalue weighted by atomic mass is 9.81. The maximum absolute atomic E-state index is 5.96. The van der Waals surface area contributed by atoms with Gasteiger partial charge in [-0.05, 0) is 55.1 Å². The summed E-state index contributed by atoms with van der Waals surface area (Å²) in [7, 11) is 0. The van der Waals surface area contributed by atoms with Crippen molar-refractivity contribution in [2.75, 3.05) is 0 Å². The van der Waals surface area contributed by atoms with Crippen LogP contribution in [-0.2, 0) is 0 Å². The van der Waals surface area contributed by atoms with Crippen molar-refractivity contribution in [1.29, 1.82) is 0 Å². The topological polar surface area (TPSA) is 26.0 Å². The highest BCUT2D eigenvalue weighted by atomic mass is 14.6. The smallest absolute Gasteiger partial charge is 0.00392 e. The summed E-state index contributed by atoms with van der Waals surface area (Å²) in [5.74, 6) is 1.43. The molecule has 0 amide bonds. The van der Waals surface area contributed by atoms with E-state index in [1.54, 1.807) is 0 Å². The largest absolute Gasteiger partial charge is 0.328 e. The average Bonchev–Trinajstić information content (AvgIpc) is 2.39. The van der Waals surface area contributed by atoms with E-state index in [0.717, 1.165) is 5.92 Å². The Labute approximate surface area is 105 Å². The number of benzene rings is 1. The van der Waals surface area contributed by atoms with E-state index >= 15 is 0 Å². The minimum Gasteiger partial charge on any atom is -0.328 e. The first-order valence-electron chi connectivity index (χ1n) is 7.06. The number of rotatable bonds is 3. The summed E-state index contributed by atoms with van der Waals surface area (Å²) in [5, 5.41) is 0. The maximum atomic E-state index is 5.96. The number of hydrogen-bond donors (Lipinski definition) is 1. The summed E-state index contributed by atoms with van der Waals surface area (Å²) in [4.78, 5) is 0. The molecule has 0 heterocycles. The molecule has 1 heteroatoms. The molecule has 1 aliphatic carbocycles. The van der Waals surface area contributed by atoms with Crippen LogP contribution in [0.5, 0.6) is 0 Å². The Kier molecular flexibility index (Phi) is 4.22. The van der Waals surface area contributed by atoms with Gasteiger partial charge in [-0.15, -0.1) is 0 Å². The van der Waals surface area contributed by atoms with Gasteiger partial charge in [0.2, 0.25) is 0 Å². The lowest BCUT2D eigenvalue weighted by Crippen LogP contribution is -2.25. The second kappa shape index (κ2) is 5.68. The Hall–Kier alpha value is -0.820. The number of nitrogens with two attached hydrogens (primary N) is 1. The Morgan fingerprint density at radius 1 is 1.12 bits per heavy atom. The fourth-order valence-electron chi connectivity index (χ4n) is 2.78. The van der Waals surface area contributed by atoms with Crippen LogP contribution < -0.4 is 5.73 Å². The SMILES string of the molecule is CCC(C)c1ccc(C2CCC(N)CC2)cc1. The highest BCUT2D eigenvalue weighted by Gasteiger charge is 2.19. The van der Waals surface area contributed by atoms with Crippen molar-refractivity contribution in [3.8, 4) is 0 Å². The highest BCUT2D eigenvalue weighted by molar-refractivity contribution is 5.27. The predicted octanol–water partition coefficient (Wildman–Crippen LogP) is 4.19. The molecule has 1 aliphatic rings.